The van der Waals surface area contributed by atoms with Crippen LogP contribution in [-0.4, -0.2) is 15.7 Å². The molecule has 0 bridgehead atoms. The van der Waals surface area contributed by atoms with Crippen LogP contribution >= 0.6 is 11.6 Å². The van der Waals surface area contributed by atoms with Crippen LogP contribution in [0.25, 0.3) is 0 Å². The molecule has 0 radical (unpaired) electrons. The summed E-state index contributed by atoms with van der Waals surface area (Å²) in [5.74, 6) is 0.659. The fourth-order valence-electron chi connectivity index (χ4n) is 3.30. The minimum Gasteiger partial charge on any atom is -0.489 e. The fraction of sp³-hybridized carbons (Fsp3) is 0.304. The molecule has 1 aromatic heterocycles. The average molecular weight is 412 g/mol. The second kappa shape index (κ2) is 9.14. The Morgan fingerprint density at radius 3 is 2.72 bits per heavy atom. The van der Waals surface area contributed by atoms with Gasteiger partial charge >= 0.3 is 0 Å². The van der Waals surface area contributed by atoms with Crippen molar-refractivity contribution < 1.29 is 9.53 Å². The monoisotopic (exact) mass is 411 g/mol. The smallest absolute Gasteiger partial charge is 0.251 e. The molecule has 1 heterocycles. The predicted octanol–water partition coefficient (Wildman–Crippen LogP) is 5.24. The summed E-state index contributed by atoms with van der Waals surface area (Å²) in [6, 6.07) is 12.9. The second-order valence-electron chi connectivity index (χ2n) is 7.10. The first-order chi connectivity index (χ1) is 13.9. The Morgan fingerprint density at radius 2 is 2.03 bits per heavy atom. The molecule has 2 aromatic carbocycles. The summed E-state index contributed by atoms with van der Waals surface area (Å²) < 4.78 is 7.82. The lowest BCUT2D eigenvalue weighted by Crippen LogP contribution is -2.27. The van der Waals surface area contributed by atoms with Crippen LogP contribution in [0.15, 0.2) is 48.7 Å². The van der Waals surface area contributed by atoms with Gasteiger partial charge in [-0.25, -0.2) is 0 Å². The van der Waals surface area contributed by atoms with Gasteiger partial charge in [-0.15, -0.1) is 0 Å². The highest BCUT2D eigenvalue weighted by atomic mass is 35.5. The summed E-state index contributed by atoms with van der Waals surface area (Å²) in [6.07, 6.45) is 1.82. The molecule has 1 atom stereocenters. The molecule has 1 unspecified atom stereocenters. The Hall–Kier alpha value is -2.79. The van der Waals surface area contributed by atoms with Crippen LogP contribution < -0.4 is 10.1 Å². The number of carbonyl (C=O) groups is 1. The zero-order chi connectivity index (χ0) is 21.0. The average Bonchev–Trinajstić information content (AvgIpc) is 3.08. The maximum absolute atomic E-state index is 12.7. The number of hydrogen-bond acceptors (Lipinski definition) is 3. The molecule has 29 heavy (non-hydrogen) atoms. The summed E-state index contributed by atoms with van der Waals surface area (Å²) >= 11 is 5.99. The lowest BCUT2D eigenvalue weighted by molar-refractivity contribution is 0.0939. The van der Waals surface area contributed by atoms with Gasteiger partial charge in [0.15, 0.2) is 0 Å². The highest BCUT2D eigenvalue weighted by Crippen LogP contribution is 2.23. The van der Waals surface area contributed by atoms with E-state index >= 15 is 0 Å². The minimum absolute atomic E-state index is 0.120. The normalized spacial score (nSPS) is 11.9. The summed E-state index contributed by atoms with van der Waals surface area (Å²) in [4.78, 5) is 12.7. The minimum atomic E-state index is -0.126. The Bertz CT molecular complexity index is 1010. The molecule has 0 saturated carbocycles. The molecule has 0 saturated heterocycles. The van der Waals surface area contributed by atoms with Crippen molar-refractivity contribution in [2.24, 2.45) is 0 Å². The molecule has 3 rings (SSSR count). The number of benzene rings is 2. The van der Waals surface area contributed by atoms with Gasteiger partial charge in [-0.1, -0.05) is 23.7 Å². The number of rotatable bonds is 7. The molecule has 6 heteroatoms. The quantitative estimate of drug-likeness (QED) is 0.578. The summed E-state index contributed by atoms with van der Waals surface area (Å²) in [5, 5.41) is 8.10. The van der Waals surface area contributed by atoms with Crippen LogP contribution in [0.4, 0.5) is 0 Å². The lowest BCUT2D eigenvalue weighted by atomic mass is 10.1. The predicted molar refractivity (Wildman–Crippen MR) is 115 cm³/mol. The van der Waals surface area contributed by atoms with E-state index in [4.69, 9.17) is 16.3 Å². The number of halogens is 1. The highest BCUT2D eigenvalue weighted by molar-refractivity contribution is 6.30. The highest BCUT2D eigenvalue weighted by Gasteiger charge is 2.16. The molecule has 0 aliphatic rings. The van der Waals surface area contributed by atoms with Crippen molar-refractivity contribution in [3.8, 4) is 5.75 Å². The van der Waals surface area contributed by atoms with E-state index in [-0.39, 0.29) is 11.9 Å². The van der Waals surface area contributed by atoms with Gasteiger partial charge in [0.05, 0.1) is 12.2 Å². The first-order valence-corrected chi connectivity index (χ1v) is 10.1. The molecular formula is C23H26ClN3O2. The van der Waals surface area contributed by atoms with Crippen LogP contribution in [0.2, 0.25) is 5.02 Å². The number of nitrogens with zero attached hydrogens (tertiary/aromatic N) is 2. The van der Waals surface area contributed by atoms with E-state index in [1.807, 2.05) is 68.9 Å². The summed E-state index contributed by atoms with van der Waals surface area (Å²) in [5.41, 5.74) is 4.60. The number of hydrogen-bond donors (Lipinski definition) is 1. The van der Waals surface area contributed by atoms with E-state index in [1.165, 1.54) is 0 Å². The first kappa shape index (κ1) is 20.9. The number of aromatic nitrogens is 2. The van der Waals surface area contributed by atoms with Crippen LogP contribution in [0.3, 0.4) is 0 Å². The lowest BCUT2D eigenvalue weighted by Gasteiger charge is -2.15. The van der Waals surface area contributed by atoms with Gasteiger partial charge in [-0.2, -0.15) is 5.10 Å². The Kier molecular flexibility index (Phi) is 6.60. The van der Waals surface area contributed by atoms with Crippen molar-refractivity contribution in [2.45, 2.75) is 46.9 Å². The third-order valence-corrected chi connectivity index (χ3v) is 5.21. The number of amides is 1. The SMILES string of the molecule is CCn1ncc(C(C)NC(=O)c2cccc(COc3ccc(Cl)cc3C)c2)c1C. The third kappa shape index (κ3) is 4.98. The second-order valence-corrected chi connectivity index (χ2v) is 7.53. The first-order valence-electron chi connectivity index (χ1n) is 9.70. The Balaban J connectivity index is 1.66. The van der Waals surface area contributed by atoms with Crippen molar-refractivity contribution in [1.82, 2.24) is 15.1 Å². The molecule has 5 nitrogen and oxygen atoms in total. The summed E-state index contributed by atoms with van der Waals surface area (Å²) in [7, 11) is 0. The number of ether oxygens (including phenoxy) is 1. The van der Waals surface area contributed by atoms with Gasteiger partial charge in [0, 0.05) is 28.4 Å². The third-order valence-electron chi connectivity index (χ3n) is 4.98. The number of carbonyl (C=O) groups excluding carboxylic acids is 1. The maximum Gasteiger partial charge on any atom is 0.251 e. The molecule has 1 amide bonds. The van der Waals surface area contributed by atoms with Crippen LogP contribution in [0.1, 0.15) is 52.6 Å². The molecule has 152 valence electrons. The van der Waals surface area contributed by atoms with Crippen LogP contribution in [0, 0.1) is 13.8 Å². The van der Waals surface area contributed by atoms with Crippen molar-refractivity contribution in [1.29, 1.82) is 0 Å². The summed E-state index contributed by atoms with van der Waals surface area (Å²) in [6.45, 7) is 9.17. The molecule has 3 aromatic rings. The van der Waals surface area contributed by atoms with Crippen LogP contribution in [-0.2, 0) is 13.2 Å². The molecular weight excluding hydrogens is 386 g/mol. The number of aryl methyl sites for hydroxylation is 2. The van der Waals surface area contributed by atoms with Gasteiger partial charge in [-0.05, 0) is 69.2 Å². The van der Waals surface area contributed by atoms with E-state index < -0.39 is 0 Å². The Labute approximate surface area is 176 Å². The van der Waals surface area contributed by atoms with E-state index in [9.17, 15) is 4.79 Å². The zero-order valence-corrected chi connectivity index (χ0v) is 18.0. The molecule has 0 fully saturated rings. The topological polar surface area (TPSA) is 56.2 Å². The van der Waals surface area contributed by atoms with Crippen molar-refractivity contribution in [3.05, 3.63) is 81.6 Å². The van der Waals surface area contributed by atoms with Gasteiger partial charge in [0.1, 0.15) is 12.4 Å². The van der Waals surface area contributed by atoms with Gasteiger partial charge in [-0.3, -0.25) is 9.48 Å². The number of nitrogens with one attached hydrogen (secondary N) is 1. The van der Waals surface area contributed by atoms with E-state index in [0.717, 1.165) is 34.7 Å². The Morgan fingerprint density at radius 1 is 1.24 bits per heavy atom. The van der Waals surface area contributed by atoms with E-state index in [2.05, 4.69) is 10.4 Å². The van der Waals surface area contributed by atoms with Gasteiger partial charge in [0.25, 0.3) is 5.91 Å². The molecule has 1 N–H and O–H groups in total. The largest absolute Gasteiger partial charge is 0.489 e. The molecule has 0 spiro atoms. The van der Waals surface area contributed by atoms with Crippen molar-refractivity contribution in [3.63, 3.8) is 0 Å². The van der Waals surface area contributed by atoms with E-state index in [1.54, 1.807) is 12.1 Å². The molecule has 0 aliphatic carbocycles. The van der Waals surface area contributed by atoms with Crippen molar-refractivity contribution in [2.75, 3.05) is 0 Å². The van der Waals surface area contributed by atoms with Gasteiger partial charge < -0.3 is 10.1 Å². The van der Waals surface area contributed by atoms with E-state index in [0.29, 0.717) is 17.2 Å². The fourth-order valence-corrected chi connectivity index (χ4v) is 3.53. The standard InChI is InChI=1S/C23H26ClN3O2/c1-5-27-17(4)21(13-25-27)16(3)26-23(28)19-8-6-7-18(12-19)14-29-22-10-9-20(24)11-15(22)2/h6-13,16H,5,14H2,1-4H3,(H,26,28). The maximum atomic E-state index is 12.7. The molecule has 0 aliphatic heterocycles. The van der Waals surface area contributed by atoms with Gasteiger partial charge in [0.2, 0.25) is 0 Å². The van der Waals surface area contributed by atoms with Crippen LogP contribution in [0.5, 0.6) is 5.75 Å². The zero-order valence-electron chi connectivity index (χ0n) is 17.2. The van der Waals surface area contributed by atoms with Crippen molar-refractivity contribution >= 4 is 17.5 Å².